The Bertz CT molecular complexity index is 580. The Kier molecular flexibility index (Phi) is 8.56. The Labute approximate surface area is 145 Å². The van der Waals surface area contributed by atoms with Gasteiger partial charge in [0.25, 0.3) is 0 Å². The number of hydrogen-bond donors (Lipinski definition) is 0. The standard InChI is InChI=1S/C14H18I.CHF3O3S/c1-3-7-13(8-4-1)11-12-15-14-9-5-2-6-10-14;2-1(3,4)8(5,6)7/h2,5-6,9-13H,1,3-4,7-8H2;(H,5,6,7)/q+1;/p-1/b12-11+;. The van der Waals surface area contributed by atoms with E-state index in [1.165, 1.54) is 35.7 Å². The third-order valence-corrected chi connectivity index (χ3v) is 5.98. The Morgan fingerprint density at radius 3 is 2.09 bits per heavy atom. The molecule has 0 aliphatic heterocycles. The molecule has 1 saturated carbocycles. The molecule has 23 heavy (non-hydrogen) atoms. The summed E-state index contributed by atoms with van der Waals surface area (Å²) in [5, 5.41) is 0. The lowest BCUT2D eigenvalue weighted by molar-refractivity contribution is -0.557. The summed E-state index contributed by atoms with van der Waals surface area (Å²) in [6, 6.07) is 10.9. The van der Waals surface area contributed by atoms with Crippen LogP contribution in [-0.4, -0.2) is 18.5 Å². The van der Waals surface area contributed by atoms with Crippen LogP contribution in [0.25, 0.3) is 0 Å². The molecule has 1 aromatic carbocycles. The van der Waals surface area contributed by atoms with Gasteiger partial charge in [-0.2, -0.15) is 13.2 Å². The summed E-state index contributed by atoms with van der Waals surface area (Å²) in [4.78, 5) is 0. The van der Waals surface area contributed by atoms with Crippen molar-refractivity contribution < 1.29 is 47.3 Å². The quantitative estimate of drug-likeness (QED) is 0.384. The van der Waals surface area contributed by atoms with Crippen molar-refractivity contribution in [3.63, 3.8) is 0 Å². The van der Waals surface area contributed by atoms with Gasteiger partial charge in [-0.25, -0.2) is 8.42 Å². The van der Waals surface area contributed by atoms with Crippen LogP contribution in [0.3, 0.4) is 0 Å². The lowest BCUT2D eigenvalue weighted by Gasteiger charge is -2.16. The summed E-state index contributed by atoms with van der Waals surface area (Å²) in [5.74, 6) is 0.891. The average molecular weight is 462 g/mol. The molecule has 0 radical (unpaired) electrons. The van der Waals surface area contributed by atoms with Crippen molar-refractivity contribution in [2.24, 2.45) is 5.92 Å². The molecule has 1 aromatic rings. The normalized spacial score (nSPS) is 16.9. The summed E-state index contributed by atoms with van der Waals surface area (Å²) >= 11 is 0.119. The van der Waals surface area contributed by atoms with Gasteiger partial charge in [0.15, 0.2) is 17.8 Å². The van der Waals surface area contributed by atoms with Crippen LogP contribution in [0, 0.1) is 9.49 Å². The first kappa shape index (κ1) is 20.4. The van der Waals surface area contributed by atoms with Crippen molar-refractivity contribution in [1.29, 1.82) is 0 Å². The zero-order chi connectivity index (χ0) is 17.3. The highest BCUT2D eigenvalue weighted by molar-refractivity contribution is 7.86. The molecule has 0 spiro atoms. The first-order valence-corrected chi connectivity index (χ1v) is 10.8. The largest absolute Gasteiger partial charge is 0.741 e. The average Bonchev–Trinajstić information content (AvgIpc) is 2.48. The van der Waals surface area contributed by atoms with Gasteiger partial charge in [-0.1, -0.05) is 37.5 Å². The molecule has 2 rings (SSSR count). The fourth-order valence-electron chi connectivity index (χ4n) is 2.03. The van der Waals surface area contributed by atoms with E-state index in [0.29, 0.717) is 0 Å². The molecule has 0 amide bonds. The van der Waals surface area contributed by atoms with E-state index in [1.54, 1.807) is 0 Å². The molecular formula is C15H18F3IO3S. The molecule has 0 unspecified atom stereocenters. The van der Waals surface area contributed by atoms with Gasteiger partial charge in [0, 0.05) is 0 Å². The molecule has 1 fully saturated rings. The van der Waals surface area contributed by atoms with Crippen molar-refractivity contribution >= 4 is 10.1 Å². The first-order chi connectivity index (χ1) is 10.7. The minimum absolute atomic E-state index is 0.119. The maximum absolute atomic E-state index is 10.7. The summed E-state index contributed by atoms with van der Waals surface area (Å²) in [5.41, 5.74) is -5.65. The second-order valence-corrected chi connectivity index (χ2v) is 8.98. The van der Waals surface area contributed by atoms with Crippen molar-refractivity contribution in [3.8, 4) is 0 Å². The van der Waals surface area contributed by atoms with Gasteiger partial charge in [0.05, 0.1) is 0 Å². The highest BCUT2D eigenvalue weighted by Crippen LogP contribution is 2.23. The van der Waals surface area contributed by atoms with Gasteiger partial charge < -0.3 is 4.55 Å². The topological polar surface area (TPSA) is 57.2 Å². The predicted octanol–water partition coefficient (Wildman–Crippen LogP) is 1.09. The van der Waals surface area contributed by atoms with E-state index in [-0.39, 0.29) is 21.2 Å². The summed E-state index contributed by atoms with van der Waals surface area (Å²) in [6.07, 6.45) is 9.68. The van der Waals surface area contributed by atoms with E-state index in [9.17, 15) is 13.2 Å². The minimum atomic E-state index is -6.09. The van der Waals surface area contributed by atoms with E-state index in [1.807, 2.05) is 0 Å². The van der Waals surface area contributed by atoms with Gasteiger partial charge in [-0.3, -0.25) is 0 Å². The second-order valence-electron chi connectivity index (χ2n) is 5.02. The number of allylic oxidation sites excluding steroid dienone is 1. The predicted molar refractivity (Wildman–Crippen MR) is 76.6 cm³/mol. The van der Waals surface area contributed by atoms with Crippen LogP contribution in [0.4, 0.5) is 13.2 Å². The third kappa shape index (κ3) is 8.71. The molecule has 0 atom stereocenters. The number of alkyl halides is 3. The lowest BCUT2D eigenvalue weighted by atomic mass is 9.90. The number of rotatable bonds is 3. The van der Waals surface area contributed by atoms with Crippen LogP contribution >= 0.6 is 0 Å². The Morgan fingerprint density at radius 2 is 1.61 bits per heavy atom. The number of halogens is 4. The monoisotopic (exact) mass is 462 g/mol. The maximum atomic E-state index is 10.7. The van der Waals surface area contributed by atoms with E-state index in [0.717, 1.165) is 5.92 Å². The minimum Gasteiger partial charge on any atom is -0.741 e. The van der Waals surface area contributed by atoms with Gasteiger partial charge in [-0.15, -0.1) is 0 Å². The SMILES string of the molecule is C(=C\C1CCCCC1)/[I+]c1ccccc1.O=S(=O)([O-])C(F)(F)F. The van der Waals surface area contributed by atoms with E-state index in [2.05, 4.69) is 40.5 Å². The molecule has 0 saturated heterocycles. The summed E-state index contributed by atoms with van der Waals surface area (Å²) < 4.78 is 62.9. The maximum Gasteiger partial charge on any atom is 0.485 e. The Balaban J connectivity index is 0.000000284. The zero-order valence-electron chi connectivity index (χ0n) is 12.3. The summed E-state index contributed by atoms with van der Waals surface area (Å²) in [7, 11) is -6.09. The van der Waals surface area contributed by atoms with Crippen molar-refractivity contribution in [2.75, 3.05) is 0 Å². The highest BCUT2D eigenvalue weighted by Gasteiger charge is 2.36. The smallest absolute Gasteiger partial charge is 0.485 e. The van der Waals surface area contributed by atoms with E-state index in [4.69, 9.17) is 13.0 Å². The van der Waals surface area contributed by atoms with Gasteiger partial charge in [-0.05, 0) is 37.0 Å². The zero-order valence-corrected chi connectivity index (χ0v) is 15.3. The van der Waals surface area contributed by atoms with E-state index >= 15 is 0 Å². The van der Waals surface area contributed by atoms with Crippen LogP contribution in [0.1, 0.15) is 32.1 Å². The van der Waals surface area contributed by atoms with Crippen LogP contribution < -0.4 is 21.2 Å². The molecule has 0 N–H and O–H groups in total. The third-order valence-electron chi connectivity index (χ3n) is 3.20. The molecule has 8 heteroatoms. The van der Waals surface area contributed by atoms with Crippen molar-refractivity contribution in [2.45, 2.75) is 37.6 Å². The van der Waals surface area contributed by atoms with Crippen LogP contribution in [-0.2, 0) is 10.1 Å². The molecule has 3 nitrogen and oxygen atoms in total. The Morgan fingerprint density at radius 1 is 1.09 bits per heavy atom. The fourth-order valence-corrected chi connectivity index (χ4v) is 4.07. The molecule has 0 bridgehead atoms. The second kappa shape index (κ2) is 9.63. The highest BCUT2D eigenvalue weighted by atomic mass is 127. The van der Waals surface area contributed by atoms with Gasteiger partial charge in [0.1, 0.15) is 0 Å². The molecule has 0 heterocycles. The van der Waals surface area contributed by atoms with E-state index < -0.39 is 15.6 Å². The first-order valence-electron chi connectivity index (χ1n) is 7.07. The van der Waals surface area contributed by atoms with Gasteiger partial charge in [0.2, 0.25) is 0 Å². The van der Waals surface area contributed by atoms with Crippen molar-refractivity contribution in [3.05, 3.63) is 44.1 Å². The molecule has 130 valence electrons. The van der Waals surface area contributed by atoms with Crippen LogP contribution in [0.15, 0.2) is 40.5 Å². The van der Waals surface area contributed by atoms with Crippen LogP contribution in [0.2, 0.25) is 0 Å². The Hall–Kier alpha value is -0.610. The molecule has 0 aromatic heterocycles. The van der Waals surface area contributed by atoms with Crippen molar-refractivity contribution in [1.82, 2.24) is 0 Å². The molecular weight excluding hydrogens is 444 g/mol. The summed E-state index contributed by atoms with van der Waals surface area (Å²) in [6.45, 7) is 0. The van der Waals surface area contributed by atoms with Gasteiger partial charge >= 0.3 is 26.7 Å². The number of benzene rings is 1. The van der Waals surface area contributed by atoms with Crippen LogP contribution in [0.5, 0.6) is 0 Å². The number of hydrogen-bond acceptors (Lipinski definition) is 3. The molecule has 1 aliphatic rings. The fraction of sp³-hybridized carbons (Fsp3) is 0.467. The lowest BCUT2D eigenvalue weighted by Crippen LogP contribution is -3.59. The molecule has 1 aliphatic carbocycles.